The van der Waals surface area contributed by atoms with E-state index in [9.17, 15) is 4.79 Å². The molecule has 156 valence electrons. The Morgan fingerprint density at radius 2 is 1.90 bits per heavy atom. The predicted molar refractivity (Wildman–Crippen MR) is 117 cm³/mol. The molecule has 1 aromatic heterocycles. The Balaban J connectivity index is 1.36. The number of halogens is 1. The van der Waals surface area contributed by atoms with Gasteiger partial charge in [-0.2, -0.15) is 0 Å². The van der Waals surface area contributed by atoms with E-state index >= 15 is 0 Å². The molecule has 0 unspecified atom stereocenters. The van der Waals surface area contributed by atoms with Crippen LogP contribution in [0.2, 0.25) is 5.02 Å². The lowest BCUT2D eigenvalue weighted by molar-refractivity contribution is -0.113. The highest BCUT2D eigenvalue weighted by Gasteiger charge is 2.15. The van der Waals surface area contributed by atoms with E-state index in [1.165, 1.54) is 11.8 Å². The van der Waals surface area contributed by atoms with Crippen molar-refractivity contribution in [3.8, 4) is 11.5 Å². The fraction of sp³-hybridized carbons (Fsp3) is 0.286. The topological polar surface area (TPSA) is 78.3 Å². The first-order valence-corrected chi connectivity index (χ1v) is 10.9. The number of ether oxygens (including phenoxy) is 2. The number of amides is 1. The summed E-state index contributed by atoms with van der Waals surface area (Å²) in [6.07, 6.45) is 1.48. The van der Waals surface area contributed by atoms with Crippen LogP contribution in [-0.2, 0) is 18.3 Å². The van der Waals surface area contributed by atoms with Crippen LogP contribution in [0.5, 0.6) is 11.5 Å². The summed E-state index contributed by atoms with van der Waals surface area (Å²) < 4.78 is 13.3. The van der Waals surface area contributed by atoms with Crippen LogP contribution in [0, 0.1) is 0 Å². The lowest BCUT2D eigenvalue weighted by Gasteiger charge is -2.09. The molecule has 0 radical (unpaired) electrons. The second-order valence-electron chi connectivity index (χ2n) is 6.81. The molecule has 1 aliphatic heterocycles. The molecule has 1 N–H and O–H groups in total. The summed E-state index contributed by atoms with van der Waals surface area (Å²) in [6, 6.07) is 12.9. The molecule has 0 spiro atoms. The van der Waals surface area contributed by atoms with Crippen LogP contribution < -0.4 is 14.8 Å². The Bertz CT molecular complexity index is 1040. The molecule has 2 aromatic carbocycles. The molecule has 0 saturated carbocycles. The van der Waals surface area contributed by atoms with Crippen molar-refractivity contribution in [3.05, 3.63) is 58.9 Å². The number of thioether (sulfide) groups is 1. The van der Waals surface area contributed by atoms with Crippen molar-refractivity contribution in [2.45, 2.75) is 18.0 Å². The van der Waals surface area contributed by atoms with Crippen LogP contribution in [0.3, 0.4) is 0 Å². The molecule has 30 heavy (non-hydrogen) atoms. The van der Waals surface area contributed by atoms with Gasteiger partial charge in [-0.15, -0.1) is 10.2 Å². The Morgan fingerprint density at radius 3 is 2.70 bits per heavy atom. The van der Waals surface area contributed by atoms with Gasteiger partial charge in [0.1, 0.15) is 5.82 Å². The maximum absolute atomic E-state index is 12.2. The number of hydrogen-bond acceptors (Lipinski definition) is 6. The number of nitrogens with one attached hydrogen (secondary N) is 1. The highest BCUT2D eigenvalue weighted by molar-refractivity contribution is 7.99. The van der Waals surface area contributed by atoms with Crippen molar-refractivity contribution >= 4 is 35.0 Å². The van der Waals surface area contributed by atoms with Gasteiger partial charge in [0.25, 0.3) is 0 Å². The zero-order valence-corrected chi connectivity index (χ0v) is 18.0. The highest BCUT2D eigenvalue weighted by atomic mass is 35.5. The molecule has 0 atom stereocenters. The Hall–Kier alpha value is -2.71. The minimum atomic E-state index is -0.116. The summed E-state index contributed by atoms with van der Waals surface area (Å²) in [5.41, 5.74) is 1.77. The third-order valence-corrected chi connectivity index (χ3v) is 5.83. The molecule has 2 heterocycles. The number of rotatable bonds is 6. The summed E-state index contributed by atoms with van der Waals surface area (Å²) in [7, 11) is 1.90. The van der Waals surface area contributed by atoms with Crippen LogP contribution in [0.1, 0.15) is 17.8 Å². The quantitative estimate of drug-likeness (QED) is 0.580. The number of fused-ring (bicyclic) bond motifs is 1. The lowest BCUT2D eigenvalue weighted by Crippen LogP contribution is -2.14. The van der Waals surface area contributed by atoms with E-state index in [1.54, 1.807) is 24.3 Å². The van der Waals surface area contributed by atoms with E-state index in [1.807, 2.05) is 29.8 Å². The average molecular weight is 445 g/mol. The SMILES string of the molecule is Cn1c(Cc2ccc3c(c2)OCCCO3)nnc1SCC(=O)Nc1ccc(Cl)cc1. The number of benzene rings is 2. The second kappa shape index (κ2) is 9.40. The van der Waals surface area contributed by atoms with Crippen LogP contribution >= 0.6 is 23.4 Å². The molecule has 4 rings (SSSR count). The van der Waals surface area contributed by atoms with E-state index in [2.05, 4.69) is 15.5 Å². The lowest BCUT2D eigenvalue weighted by atomic mass is 10.1. The summed E-state index contributed by atoms with van der Waals surface area (Å²) in [5, 5.41) is 12.7. The van der Waals surface area contributed by atoms with Crippen molar-refractivity contribution in [2.75, 3.05) is 24.3 Å². The molecule has 3 aromatic rings. The zero-order valence-electron chi connectivity index (χ0n) is 16.4. The molecule has 0 aliphatic carbocycles. The van der Waals surface area contributed by atoms with E-state index in [0.29, 0.717) is 35.5 Å². The summed E-state index contributed by atoms with van der Waals surface area (Å²) in [4.78, 5) is 12.2. The van der Waals surface area contributed by atoms with Crippen molar-refractivity contribution < 1.29 is 14.3 Å². The Labute approximate surface area is 183 Å². The Morgan fingerprint density at radius 1 is 1.13 bits per heavy atom. The molecule has 9 heteroatoms. The standard InChI is InChI=1S/C21H21ClN4O3S/c1-26-19(12-14-3-8-17-18(11-14)29-10-2-9-28-17)24-25-21(26)30-13-20(27)23-16-6-4-15(22)5-7-16/h3-8,11H,2,9-10,12-13H2,1H3,(H,23,27). The maximum Gasteiger partial charge on any atom is 0.234 e. The van der Waals surface area contributed by atoms with Gasteiger partial charge in [0.2, 0.25) is 5.91 Å². The van der Waals surface area contributed by atoms with Gasteiger partial charge in [0, 0.05) is 30.6 Å². The van der Waals surface area contributed by atoms with E-state index in [-0.39, 0.29) is 11.7 Å². The van der Waals surface area contributed by atoms with Gasteiger partial charge in [-0.1, -0.05) is 29.4 Å². The second-order valence-corrected chi connectivity index (χ2v) is 8.19. The third-order valence-electron chi connectivity index (χ3n) is 4.56. The first-order chi connectivity index (χ1) is 14.6. The number of aromatic nitrogens is 3. The smallest absolute Gasteiger partial charge is 0.234 e. The minimum Gasteiger partial charge on any atom is -0.490 e. The van der Waals surface area contributed by atoms with Crippen LogP contribution in [-0.4, -0.2) is 39.6 Å². The van der Waals surface area contributed by atoms with E-state index in [4.69, 9.17) is 21.1 Å². The predicted octanol–water partition coefficient (Wildman–Crippen LogP) is 3.95. The van der Waals surface area contributed by atoms with Gasteiger partial charge >= 0.3 is 0 Å². The third kappa shape index (κ3) is 5.06. The van der Waals surface area contributed by atoms with Crippen molar-refractivity contribution in [1.29, 1.82) is 0 Å². The zero-order chi connectivity index (χ0) is 20.9. The van der Waals surface area contributed by atoms with Crippen molar-refractivity contribution in [3.63, 3.8) is 0 Å². The number of hydrogen-bond donors (Lipinski definition) is 1. The first-order valence-electron chi connectivity index (χ1n) is 9.53. The summed E-state index contributed by atoms with van der Waals surface area (Å²) in [5.74, 6) is 2.47. The number of nitrogens with zero attached hydrogens (tertiary/aromatic N) is 3. The molecular formula is C21H21ClN4O3S. The van der Waals surface area contributed by atoms with Gasteiger partial charge < -0.3 is 19.4 Å². The van der Waals surface area contributed by atoms with Gasteiger partial charge in [-0.05, 0) is 42.0 Å². The summed E-state index contributed by atoms with van der Waals surface area (Å²) >= 11 is 7.20. The first kappa shape index (κ1) is 20.6. The van der Waals surface area contributed by atoms with Crippen LogP contribution in [0.15, 0.2) is 47.6 Å². The highest BCUT2D eigenvalue weighted by Crippen LogP contribution is 2.31. The Kier molecular flexibility index (Phi) is 6.44. The van der Waals surface area contributed by atoms with Crippen LogP contribution in [0.25, 0.3) is 0 Å². The molecule has 0 fully saturated rings. The fourth-order valence-corrected chi connectivity index (χ4v) is 3.84. The largest absolute Gasteiger partial charge is 0.490 e. The van der Waals surface area contributed by atoms with Gasteiger partial charge in [0.05, 0.1) is 19.0 Å². The molecule has 7 nitrogen and oxygen atoms in total. The minimum absolute atomic E-state index is 0.116. The van der Waals surface area contributed by atoms with Gasteiger partial charge in [-0.25, -0.2) is 0 Å². The molecule has 1 amide bonds. The normalized spacial score (nSPS) is 13.0. The number of carbonyl (C=O) groups is 1. The summed E-state index contributed by atoms with van der Waals surface area (Å²) in [6.45, 7) is 1.32. The van der Waals surface area contributed by atoms with Crippen LogP contribution in [0.4, 0.5) is 5.69 Å². The molecule has 0 saturated heterocycles. The van der Waals surface area contributed by atoms with E-state index in [0.717, 1.165) is 29.3 Å². The van der Waals surface area contributed by atoms with Gasteiger partial charge in [-0.3, -0.25) is 4.79 Å². The fourth-order valence-electron chi connectivity index (χ4n) is 2.99. The van der Waals surface area contributed by atoms with E-state index < -0.39 is 0 Å². The molecule has 0 bridgehead atoms. The van der Waals surface area contributed by atoms with Crippen molar-refractivity contribution in [1.82, 2.24) is 14.8 Å². The molecular weight excluding hydrogens is 424 g/mol. The maximum atomic E-state index is 12.2. The van der Waals surface area contributed by atoms with Gasteiger partial charge in [0.15, 0.2) is 16.7 Å². The average Bonchev–Trinajstić information content (AvgIpc) is 2.93. The van der Waals surface area contributed by atoms with Crippen molar-refractivity contribution in [2.24, 2.45) is 7.05 Å². The monoisotopic (exact) mass is 444 g/mol. The molecule has 1 aliphatic rings. The number of anilines is 1. The number of carbonyl (C=O) groups excluding carboxylic acids is 1.